The highest BCUT2D eigenvalue weighted by Gasteiger charge is 2.14. The van der Waals surface area contributed by atoms with Gasteiger partial charge in [0.15, 0.2) is 5.82 Å². The monoisotopic (exact) mass is 383 g/mol. The molecule has 0 aliphatic carbocycles. The van der Waals surface area contributed by atoms with Gasteiger partial charge in [0, 0.05) is 16.1 Å². The van der Waals surface area contributed by atoms with Crippen molar-refractivity contribution in [2.24, 2.45) is 0 Å². The highest BCUT2D eigenvalue weighted by Crippen LogP contribution is 2.23. The van der Waals surface area contributed by atoms with Crippen LogP contribution < -0.4 is 11.2 Å². The number of amides is 1. The SMILES string of the molecule is CC[C@H](C)NC(=O)CSc1nnc(-c2cccc(Br)c2)n1N. The van der Waals surface area contributed by atoms with Gasteiger partial charge in [0.2, 0.25) is 11.1 Å². The van der Waals surface area contributed by atoms with E-state index in [1.807, 2.05) is 38.1 Å². The van der Waals surface area contributed by atoms with Gasteiger partial charge >= 0.3 is 0 Å². The fourth-order valence-electron chi connectivity index (χ4n) is 1.75. The number of nitrogens with zero attached hydrogens (tertiary/aromatic N) is 3. The molecule has 3 N–H and O–H groups in total. The van der Waals surface area contributed by atoms with Crippen LogP contribution in [0.4, 0.5) is 0 Å². The maximum atomic E-state index is 11.8. The lowest BCUT2D eigenvalue weighted by Gasteiger charge is -2.10. The Balaban J connectivity index is 2.04. The summed E-state index contributed by atoms with van der Waals surface area (Å²) in [5.41, 5.74) is 0.861. The molecular weight excluding hydrogens is 366 g/mol. The number of aromatic nitrogens is 3. The minimum Gasteiger partial charge on any atom is -0.353 e. The Hall–Kier alpha value is -1.54. The first-order valence-corrected chi connectivity index (χ1v) is 8.67. The van der Waals surface area contributed by atoms with Gasteiger partial charge in [0.1, 0.15) is 0 Å². The van der Waals surface area contributed by atoms with E-state index in [9.17, 15) is 4.79 Å². The molecule has 22 heavy (non-hydrogen) atoms. The van der Waals surface area contributed by atoms with Crippen LogP contribution in [-0.4, -0.2) is 32.6 Å². The molecule has 0 saturated carbocycles. The van der Waals surface area contributed by atoms with Gasteiger partial charge in [-0.25, -0.2) is 4.68 Å². The Morgan fingerprint density at radius 2 is 2.27 bits per heavy atom. The predicted molar refractivity (Wildman–Crippen MR) is 91.9 cm³/mol. The lowest BCUT2D eigenvalue weighted by molar-refractivity contribution is -0.119. The van der Waals surface area contributed by atoms with Crippen molar-refractivity contribution < 1.29 is 4.79 Å². The highest BCUT2D eigenvalue weighted by atomic mass is 79.9. The summed E-state index contributed by atoms with van der Waals surface area (Å²) >= 11 is 4.68. The fraction of sp³-hybridized carbons (Fsp3) is 0.357. The van der Waals surface area contributed by atoms with Crippen LogP contribution in [0.1, 0.15) is 20.3 Å². The van der Waals surface area contributed by atoms with Gasteiger partial charge in [0.05, 0.1) is 5.75 Å². The Kier molecular flexibility index (Phi) is 5.84. The molecule has 1 atom stereocenters. The quantitative estimate of drug-likeness (QED) is 0.590. The zero-order valence-corrected chi connectivity index (χ0v) is 14.8. The number of nitrogens with two attached hydrogens (primary N) is 1. The molecule has 0 radical (unpaired) electrons. The van der Waals surface area contributed by atoms with Crippen LogP contribution in [0.5, 0.6) is 0 Å². The van der Waals surface area contributed by atoms with Crippen LogP contribution in [0.2, 0.25) is 0 Å². The van der Waals surface area contributed by atoms with Gasteiger partial charge in [-0.3, -0.25) is 4.79 Å². The van der Waals surface area contributed by atoms with E-state index in [4.69, 9.17) is 5.84 Å². The minimum absolute atomic E-state index is 0.0358. The topological polar surface area (TPSA) is 85.8 Å². The smallest absolute Gasteiger partial charge is 0.230 e. The van der Waals surface area contributed by atoms with E-state index >= 15 is 0 Å². The summed E-state index contributed by atoms with van der Waals surface area (Å²) in [7, 11) is 0. The summed E-state index contributed by atoms with van der Waals surface area (Å²) in [5, 5.41) is 11.6. The number of benzene rings is 1. The lowest BCUT2D eigenvalue weighted by Crippen LogP contribution is -2.33. The normalized spacial score (nSPS) is 12.1. The Bertz CT molecular complexity index is 660. The number of hydrogen-bond donors (Lipinski definition) is 2. The summed E-state index contributed by atoms with van der Waals surface area (Å²) in [5.74, 6) is 6.81. The first-order chi connectivity index (χ1) is 10.5. The average Bonchev–Trinajstić information content (AvgIpc) is 2.86. The van der Waals surface area contributed by atoms with Crippen molar-refractivity contribution in [3.63, 3.8) is 0 Å². The third-order valence-electron chi connectivity index (χ3n) is 3.10. The number of carbonyl (C=O) groups is 1. The van der Waals surface area contributed by atoms with E-state index in [0.717, 1.165) is 16.5 Å². The predicted octanol–water partition coefficient (Wildman–Crippen LogP) is 2.43. The van der Waals surface area contributed by atoms with Crippen molar-refractivity contribution in [3.05, 3.63) is 28.7 Å². The Morgan fingerprint density at radius 3 is 2.95 bits per heavy atom. The lowest BCUT2D eigenvalue weighted by atomic mass is 10.2. The molecule has 0 saturated heterocycles. The molecule has 0 spiro atoms. The number of rotatable bonds is 6. The van der Waals surface area contributed by atoms with Gasteiger partial charge in [-0.1, -0.05) is 46.7 Å². The summed E-state index contributed by atoms with van der Waals surface area (Å²) in [6, 6.07) is 7.82. The summed E-state index contributed by atoms with van der Waals surface area (Å²) < 4.78 is 2.35. The van der Waals surface area contributed by atoms with Gasteiger partial charge in [-0.15, -0.1) is 10.2 Å². The van der Waals surface area contributed by atoms with Crippen molar-refractivity contribution in [1.82, 2.24) is 20.2 Å². The van der Waals surface area contributed by atoms with Crippen LogP contribution >= 0.6 is 27.7 Å². The number of thioether (sulfide) groups is 1. The molecular formula is C14H18BrN5OS. The second-order valence-corrected chi connectivity index (χ2v) is 6.71. The molecule has 1 aromatic carbocycles. The van der Waals surface area contributed by atoms with Crippen molar-refractivity contribution in [3.8, 4) is 11.4 Å². The van der Waals surface area contributed by atoms with Crippen molar-refractivity contribution in [2.45, 2.75) is 31.5 Å². The third kappa shape index (κ3) is 4.23. The summed E-state index contributed by atoms with van der Waals surface area (Å²) in [4.78, 5) is 11.8. The maximum absolute atomic E-state index is 11.8. The molecule has 1 aromatic heterocycles. The number of nitrogens with one attached hydrogen (secondary N) is 1. The van der Waals surface area contributed by atoms with Crippen molar-refractivity contribution in [1.29, 1.82) is 0 Å². The van der Waals surface area contributed by atoms with E-state index in [1.54, 1.807) is 0 Å². The van der Waals surface area contributed by atoms with Crippen LogP contribution in [0.25, 0.3) is 11.4 Å². The maximum Gasteiger partial charge on any atom is 0.230 e. The van der Waals surface area contributed by atoms with E-state index < -0.39 is 0 Å². The number of hydrogen-bond acceptors (Lipinski definition) is 5. The molecule has 8 heteroatoms. The molecule has 0 unspecified atom stereocenters. The molecule has 0 aliphatic rings. The van der Waals surface area contributed by atoms with Crippen molar-refractivity contribution >= 4 is 33.6 Å². The Morgan fingerprint density at radius 1 is 1.50 bits per heavy atom. The summed E-state index contributed by atoms with van der Waals surface area (Å²) in [6.07, 6.45) is 0.899. The van der Waals surface area contributed by atoms with E-state index in [1.165, 1.54) is 16.4 Å². The van der Waals surface area contributed by atoms with Crippen molar-refractivity contribution in [2.75, 3.05) is 11.6 Å². The zero-order chi connectivity index (χ0) is 16.1. The molecule has 2 aromatic rings. The van der Waals surface area contributed by atoms with E-state index in [0.29, 0.717) is 11.0 Å². The standard InChI is InChI=1S/C14H18BrN5OS/c1-3-9(2)17-12(21)8-22-14-19-18-13(20(14)16)10-5-4-6-11(15)7-10/h4-7,9H,3,8,16H2,1-2H3,(H,17,21)/t9-/m0/s1. The van der Waals surface area contributed by atoms with Crippen LogP contribution in [0, 0.1) is 0 Å². The van der Waals surface area contributed by atoms with E-state index in [-0.39, 0.29) is 17.7 Å². The first kappa shape index (κ1) is 16.8. The molecule has 6 nitrogen and oxygen atoms in total. The highest BCUT2D eigenvalue weighted by molar-refractivity contribution is 9.10. The third-order valence-corrected chi connectivity index (χ3v) is 4.54. The molecule has 0 fully saturated rings. The number of carbonyl (C=O) groups excluding carboxylic acids is 1. The van der Waals surface area contributed by atoms with Crippen LogP contribution in [-0.2, 0) is 4.79 Å². The number of nitrogen functional groups attached to an aromatic ring is 1. The molecule has 0 aliphatic heterocycles. The van der Waals surface area contributed by atoms with Gasteiger partial charge in [0.25, 0.3) is 0 Å². The van der Waals surface area contributed by atoms with Gasteiger partial charge in [-0.05, 0) is 25.5 Å². The Labute approximate surface area is 142 Å². The minimum atomic E-state index is -0.0358. The van der Waals surface area contributed by atoms with Gasteiger partial charge in [-0.2, -0.15) is 0 Å². The summed E-state index contributed by atoms with van der Waals surface area (Å²) in [6.45, 7) is 4.00. The van der Waals surface area contributed by atoms with Gasteiger partial charge < -0.3 is 11.2 Å². The molecule has 1 heterocycles. The second kappa shape index (κ2) is 7.64. The average molecular weight is 384 g/mol. The molecule has 0 bridgehead atoms. The van der Waals surface area contributed by atoms with E-state index in [2.05, 4.69) is 31.4 Å². The molecule has 1 amide bonds. The fourth-order valence-corrected chi connectivity index (χ4v) is 2.82. The molecule has 118 valence electrons. The number of halogens is 1. The van der Waals surface area contributed by atoms with Crippen LogP contribution in [0.15, 0.2) is 33.9 Å². The first-order valence-electron chi connectivity index (χ1n) is 6.89. The second-order valence-electron chi connectivity index (χ2n) is 4.85. The zero-order valence-electron chi connectivity index (χ0n) is 12.4. The molecule has 2 rings (SSSR count). The van der Waals surface area contributed by atoms with Crippen LogP contribution in [0.3, 0.4) is 0 Å². The largest absolute Gasteiger partial charge is 0.353 e.